The SMILES string of the molecule is CCCCCCCCCCC(CCOS(=O)(=O)O)COS(=O)(=O)O. The molecular formula is C14H30O8S2. The molecule has 0 aliphatic rings. The highest BCUT2D eigenvalue weighted by molar-refractivity contribution is 7.81. The molecule has 0 aliphatic carbocycles. The molecule has 0 amide bonds. The van der Waals surface area contributed by atoms with Crippen molar-refractivity contribution in [2.75, 3.05) is 13.2 Å². The van der Waals surface area contributed by atoms with Crippen molar-refractivity contribution in [1.82, 2.24) is 0 Å². The van der Waals surface area contributed by atoms with E-state index in [-0.39, 0.29) is 25.6 Å². The zero-order valence-electron chi connectivity index (χ0n) is 14.2. The van der Waals surface area contributed by atoms with Crippen LogP contribution in [0.25, 0.3) is 0 Å². The van der Waals surface area contributed by atoms with Gasteiger partial charge in [0.15, 0.2) is 0 Å². The summed E-state index contributed by atoms with van der Waals surface area (Å²) in [6.45, 7) is 1.65. The quantitative estimate of drug-likeness (QED) is 0.304. The van der Waals surface area contributed by atoms with Crippen molar-refractivity contribution < 1.29 is 34.3 Å². The lowest BCUT2D eigenvalue weighted by Crippen LogP contribution is -2.17. The maximum Gasteiger partial charge on any atom is 0.397 e. The summed E-state index contributed by atoms with van der Waals surface area (Å²) in [6, 6.07) is 0. The van der Waals surface area contributed by atoms with E-state index in [0.29, 0.717) is 6.42 Å². The monoisotopic (exact) mass is 390 g/mol. The molecule has 1 atom stereocenters. The standard InChI is InChI=1S/C14H30O8S2/c1-2-3-4-5-6-7-8-9-10-14(13-22-24(18,19)20)11-12-21-23(15,16)17/h14H,2-13H2,1H3,(H,15,16,17)(H,18,19,20). The minimum absolute atomic E-state index is 0.200. The molecule has 0 radical (unpaired) electrons. The molecule has 0 aromatic heterocycles. The molecule has 0 bridgehead atoms. The van der Waals surface area contributed by atoms with E-state index >= 15 is 0 Å². The Morgan fingerprint density at radius 1 is 0.750 bits per heavy atom. The lowest BCUT2D eigenvalue weighted by atomic mass is 9.98. The van der Waals surface area contributed by atoms with E-state index in [1.807, 2.05) is 0 Å². The lowest BCUT2D eigenvalue weighted by Gasteiger charge is -2.15. The minimum atomic E-state index is -4.53. The van der Waals surface area contributed by atoms with E-state index in [2.05, 4.69) is 15.3 Å². The van der Waals surface area contributed by atoms with Gasteiger partial charge in [0.2, 0.25) is 0 Å². The van der Waals surface area contributed by atoms with Gasteiger partial charge in [0.05, 0.1) is 13.2 Å². The van der Waals surface area contributed by atoms with Gasteiger partial charge < -0.3 is 0 Å². The maximum absolute atomic E-state index is 10.6. The highest BCUT2D eigenvalue weighted by Gasteiger charge is 2.15. The number of hydrogen-bond donors (Lipinski definition) is 2. The van der Waals surface area contributed by atoms with Gasteiger partial charge in [-0.25, -0.2) is 8.37 Å². The largest absolute Gasteiger partial charge is 0.397 e. The average molecular weight is 391 g/mol. The first-order valence-corrected chi connectivity index (χ1v) is 11.1. The molecule has 0 rings (SSSR count). The van der Waals surface area contributed by atoms with Crippen LogP contribution in [0.15, 0.2) is 0 Å². The lowest BCUT2D eigenvalue weighted by molar-refractivity contribution is 0.179. The van der Waals surface area contributed by atoms with Gasteiger partial charge in [-0.05, 0) is 18.8 Å². The fourth-order valence-corrected chi connectivity index (χ4v) is 3.05. The van der Waals surface area contributed by atoms with E-state index in [0.717, 1.165) is 25.7 Å². The fraction of sp³-hybridized carbons (Fsp3) is 1.00. The van der Waals surface area contributed by atoms with E-state index in [1.54, 1.807) is 0 Å². The van der Waals surface area contributed by atoms with Crippen molar-refractivity contribution in [1.29, 1.82) is 0 Å². The molecule has 1 unspecified atom stereocenters. The van der Waals surface area contributed by atoms with E-state index in [9.17, 15) is 16.8 Å². The molecule has 0 fully saturated rings. The average Bonchev–Trinajstić information content (AvgIpc) is 2.44. The Bertz CT molecular complexity index is 501. The van der Waals surface area contributed by atoms with E-state index < -0.39 is 20.8 Å². The van der Waals surface area contributed by atoms with Gasteiger partial charge in [-0.1, -0.05) is 58.3 Å². The van der Waals surface area contributed by atoms with Crippen LogP contribution in [0.4, 0.5) is 0 Å². The summed E-state index contributed by atoms with van der Waals surface area (Å²) in [6.07, 6.45) is 9.84. The van der Waals surface area contributed by atoms with Crippen LogP contribution >= 0.6 is 0 Å². The van der Waals surface area contributed by atoms with Gasteiger partial charge >= 0.3 is 20.8 Å². The summed E-state index contributed by atoms with van der Waals surface area (Å²) in [5, 5.41) is 0. The second-order valence-electron chi connectivity index (χ2n) is 5.88. The predicted molar refractivity (Wildman–Crippen MR) is 90.3 cm³/mol. The maximum atomic E-state index is 10.6. The normalized spacial score (nSPS) is 14.0. The molecule has 24 heavy (non-hydrogen) atoms. The van der Waals surface area contributed by atoms with Crippen molar-refractivity contribution in [3.8, 4) is 0 Å². The molecule has 10 heteroatoms. The van der Waals surface area contributed by atoms with Gasteiger partial charge in [0.25, 0.3) is 0 Å². The molecule has 0 heterocycles. The molecule has 8 nitrogen and oxygen atoms in total. The topological polar surface area (TPSA) is 127 Å². The van der Waals surface area contributed by atoms with Gasteiger partial charge in [0, 0.05) is 0 Å². The summed E-state index contributed by atoms with van der Waals surface area (Å²) in [5.41, 5.74) is 0. The Balaban J connectivity index is 4.01. The smallest absolute Gasteiger partial charge is 0.264 e. The molecule has 0 aliphatic heterocycles. The van der Waals surface area contributed by atoms with E-state index in [4.69, 9.17) is 9.11 Å². The summed E-state index contributed by atoms with van der Waals surface area (Å²) in [4.78, 5) is 0. The molecule has 0 saturated heterocycles. The van der Waals surface area contributed by atoms with Crippen molar-refractivity contribution in [3.05, 3.63) is 0 Å². The van der Waals surface area contributed by atoms with Crippen LogP contribution in [0.3, 0.4) is 0 Å². The van der Waals surface area contributed by atoms with Crippen molar-refractivity contribution in [3.63, 3.8) is 0 Å². The third-order valence-electron chi connectivity index (χ3n) is 3.68. The zero-order valence-corrected chi connectivity index (χ0v) is 15.9. The molecule has 0 aromatic carbocycles. The number of hydrogen-bond acceptors (Lipinski definition) is 6. The Labute approximate surface area is 145 Å². The van der Waals surface area contributed by atoms with Gasteiger partial charge in [-0.2, -0.15) is 16.8 Å². The fourth-order valence-electron chi connectivity index (χ4n) is 2.38. The highest BCUT2D eigenvalue weighted by atomic mass is 32.3. The highest BCUT2D eigenvalue weighted by Crippen LogP contribution is 2.17. The summed E-state index contributed by atoms with van der Waals surface area (Å²) >= 11 is 0. The first kappa shape index (κ1) is 23.7. The Morgan fingerprint density at radius 2 is 1.25 bits per heavy atom. The van der Waals surface area contributed by atoms with Crippen LogP contribution in [0.1, 0.15) is 71.1 Å². The Morgan fingerprint density at radius 3 is 1.75 bits per heavy atom. The third kappa shape index (κ3) is 18.1. The van der Waals surface area contributed by atoms with Crippen LogP contribution in [-0.2, 0) is 29.2 Å². The predicted octanol–water partition coefficient (Wildman–Crippen LogP) is 3.16. The Hall–Kier alpha value is -0.260. The molecule has 0 aromatic rings. The van der Waals surface area contributed by atoms with Crippen molar-refractivity contribution >= 4 is 20.8 Å². The second kappa shape index (κ2) is 13.0. The molecule has 0 saturated carbocycles. The third-order valence-corrected chi connectivity index (χ3v) is 4.58. The van der Waals surface area contributed by atoms with Gasteiger partial charge in [-0.15, -0.1) is 0 Å². The van der Waals surface area contributed by atoms with Crippen LogP contribution in [0, 0.1) is 5.92 Å². The summed E-state index contributed by atoms with van der Waals surface area (Å²) in [7, 11) is -9.04. The first-order valence-electron chi connectivity index (χ1n) is 8.37. The molecule has 2 N–H and O–H groups in total. The van der Waals surface area contributed by atoms with Gasteiger partial charge in [0.1, 0.15) is 0 Å². The zero-order chi connectivity index (χ0) is 18.5. The van der Waals surface area contributed by atoms with Crippen LogP contribution in [-0.4, -0.2) is 39.2 Å². The van der Waals surface area contributed by atoms with Gasteiger partial charge in [-0.3, -0.25) is 9.11 Å². The summed E-state index contributed by atoms with van der Waals surface area (Å²) in [5.74, 6) is -0.284. The van der Waals surface area contributed by atoms with Crippen molar-refractivity contribution in [2.24, 2.45) is 5.92 Å². The molecule has 0 spiro atoms. The summed E-state index contributed by atoms with van der Waals surface area (Å²) < 4.78 is 68.0. The minimum Gasteiger partial charge on any atom is -0.264 e. The molecule has 146 valence electrons. The van der Waals surface area contributed by atoms with E-state index in [1.165, 1.54) is 25.7 Å². The first-order chi connectivity index (χ1) is 11.1. The van der Waals surface area contributed by atoms with Crippen molar-refractivity contribution in [2.45, 2.75) is 71.1 Å². The molecular weight excluding hydrogens is 360 g/mol. The number of unbranched alkanes of at least 4 members (excludes halogenated alkanes) is 7. The van der Waals surface area contributed by atoms with Crippen LogP contribution in [0.5, 0.6) is 0 Å². The Kier molecular flexibility index (Phi) is 12.9. The number of rotatable bonds is 16. The van der Waals surface area contributed by atoms with Crippen LogP contribution < -0.4 is 0 Å². The second-order valence-corrected chi connectivity index (χ2v) is 8.06. The van der Waals surface area contributed by atoms with Crippen LogP contribution in [0.2, 0.25) is 0 Å².